The molecule has 4 heteroatoms. The zero-order valence-electron chi connectivity index (χ0n) is 10.3. The molecule has 2 atom stereocenters. The second kappa shape index (κ2) is 7.09. The van der Waals surface area contributed by atoms with Crippen LogP contribution in [0.25, 0.3) is 0 Å². The highest BCUT2D eigenvalue weighted by atomic mass is 79.9. The number of halogens is 2. The number of hydrazine groups is 1. The first-order valence-corrected chi connectivity index (χ1v) is 6.77. The minimum atomic E-state index is -0.215. The summed E-state index contributed by atoms with van der Waals surface area (Å²) >= 11 is 3.30. The van der Waals surface area contributed by atoms with E-state index in [9.17, 15) is 4.39 Å². The summed E-state index contributed by atoms with van der Waals surface area (Å²) in [6.07, 6.45) is 2.99. The van der Waals surface area contributed by atoms with Crippen molar-refractivity contribution in [1.82, 2.24) is 5.43 Å². The zero-order chi connectivity index (χ0) is 12.8. The van der Waals surface area contributed by atoms with Gasteiger partial charge in [-0.25, -0.2) is 4.39 Å². The molecule has 2 nitrogen and oxygen atoms in total. The van der Waals surface area contributed by atoms with Crippen LogP contribution in [0, 0.1) is 11.7 Å². The second-order valence-corrected chi connectivity index (χ2v) is 5.44. The van der Waals surface area contributed by atoms with E-state index in [4.69, 9.17) is 5.84 Å². The summed E-state index contributed by atoms with van der Waals surface area (Å²) in [5.41, 5.74) is 3.80. The summed E-state index contributed by atoms with van der Waals surface area (Å²) in [6, 6.07) is 5.15. The molecule has 0 fully saturated rings. The van der Waals surface area contributed by atoms with E-state index in [2.05, 4.69) is 35.2 Å². The van der Waals surface area contributed by atoms with Gasteiger partial charge < -0.3 is 0 Å². The van der Waals surface area contributed by atoms with Crippen molar-refractivity contribution in [2.75, 3.05) is 0 Å². The van der Waals surface area contributed by atoms with E-state index < -0.39 is 0 Å². The van der Waals surface area contributed by atoms with Gasteiger partial charge in [0.1, 0.15) is 5.82 Å². The molecule has 0 saturated heterocycles. The van der Waals surface area contributed by atoms with Crippen LogP contribution in [0.15, 0.2) is 22.7 Å². The first kappa shape index (κ1) is 14.6. The molecule has 2 unspecified atom stereocenters. The van der Waals surface area contributed by atoms with Crippen molar-refractivity contribution in [3.63, 3.8) is 0 Å². The van der Waals surface area contributed by atoms with Crippen LogP contribution >= 0.6 is 15.9 Å². The van der Waals surface area contributed by atoms with Gasteiger partial charge in [-0.05, 0) is 42.5 Å². The van der Waals surface area contributed by atoms with Gasteiger partial charge in [-0.15, -0.1) is 0 Å². The monoisotopic (exact) mass is 302 g/mol. The maximum atomic E-state index is 13.2. The molecule has 0 saturated carbocycles. The van der Waals surface area contributed by atoms with Gasteiger partial charge in [0.2, 0.25) is 0 Å². The zero-order valence-corrected chi connectivity index (χ0v) is 11.9. The smallest absolute Gasteiger partial charge is 0.124 e. The van der Waals surface area contributed by atoms with Crippen molar-refractivity contribution in [2.24, 2.45) is 11.8 Å². The van der Waals surface area contributed by atoms with E-state index in [1.54, 1.807) is 6.07 Å². The van der Waals surface area contributed by atoms with Gasteiger partial charge in [0.15, 0.2) is 0 Å². The largest absolute Gasteiger partial charge is 0.271 e. The van der Waals surface area contributed by atoms with Crippen LogP contribution in [0.2, 0.25) is 0 Å². The molecule has 0 radical (unpaired) electrons. The van der Waals surface area contributed by atoms with Crippen LogP contribution < -0.4 is 11.3 Å². The van der Waals surface area contributed by atoms with Crippen LogP contribution in [0.4, 0.5) is 4.39 Å². The second-order valence-electron chi connectivity index (χ2n) is 4.52. The van der Waals surface area contributed by atoms with Gasteiger partial charge in [-0.2, -0.15) is 0 Å². The topological polar surface area (TPSA) is 38.0 Å². The van der Waals surface area contributed by atoms with Crippen LogP contribution in [-0.4, -0.2) is 6.04 Å². The van der Waals surface area contributed by atoms with Crippen molar-refractivity contribution in [3.8, 4) is 0 Å². The minimum absolute atomic E-state index is 0.184. The number of rotatable bonds is 6. The predicted octanol–water partition coefficient (Wildman–Crippen LogP) is 3.40. The summed E-state index contributed by atoms with van der Waals surface area (Å²) in [5.74, 6) is 5.84. The molecule has 0 spiro atoms. The van der Waals surface area contributed by atoms with Gasteiger partial charge >= 0.3 is 0 Å². The Bertz CT molecular complexity index is 337. The minimum Gasteiger partial charge on any atom is -0.271 e. The lowest BCUT2D eigenvalue weighted by Gasteiger charge is -2.23. The van der Waals surface area contributed by atoms with Crippen LogP contribution in [0.3, 0.4) is 0 Å². The fraction of sp³-hybridized carbons (Fsp3) is 0.538. The number of nitrogens with one attached hydrogen (secondary N) is 1. The molecule has 96 valence electrons. The third-order valence-corrected chi connectivity index (χ3v) is 3.48. The van der Waals surface area contributed by atoms with Crippen LogP contribution in [0.1, 0.15) is 32.3 Å². The molecule has 0 aromatic heterocycles. The van der Waals surface area contributed by atoms with Crippen molar-refractivity contribution in [3.05, 3.63) is 34.1 Å². The molecular formula is C13H20BrFN2. The Morgan fingerprint density at radius 3 is 2.65 bits per heavy atom. The lowest BCUT2D eigenvalue weighted by Crippen LogP contribution is -2.41. The van der Waals surface area contributed by atoms with Crippen LogP contribution in [-0.2, 0) is 6.42 Å². The number of nitrogens with two attached hydrogens (primary N) is 1. The normalized spacial score (nSPS) is 14.6. The Morgan fingerprint density at radius 1 is 1.41 bits per heavy atom. The molecule has 0 aliphatic carbocycles. The molecular weight excluding hydrogens is 283 g/mol. The van der Waals surface area contributed by atoms with E-state index >= 15 is 0 Å². The molecule has 1 aromatic carbocycles. The molecule has 1 aromatic rings. The standard InChI is InChI=1S/C13H20BrFN2/c1-3-4-9(2)13(17-16)7-10-5-11(14)8-12(15)6-10/h5-6,8-9,13,17H,3-4,7,16H2,1-2H3. The van der Waals surface area contributed by atoms with E-state index in [1.165, 1.54) is 6.07 Å². The maximum absolute atomic E-state index is 13.2. The first-order valence-electron chi connectivity index (χ1n) is 5.98. The Hall–Kier alpha value is -0.450. The fourth-order valence-electron chi connectivity index (χ4n) is 2.06. The van der Waals surface area contributed by atoms with Gasteiger partial charge in [-0.1, -0.05) is 36.2 Å². The van der Waals surface area contributed by atoms with E-state index in [0.717, 1.165) is 29.3 Å². The molecule has 0 bridgehead atoms. The average molecular weight is 303 g/mol. The van der Waals surface area contributed by atoms with Gasteiger partial charge in [0.25, 0.3) is 0 Å². The Kier molecular flexibility index (Phi) is 6.09. The molecule has 0 aliphatic rings. The number of hydrogen-bond donors (Lipinski definition) is 2. The van der Waals surface area contributed by atoms with E-state index in [1.807, 2.05) is 6.07 Å². The maximum Gasteiger partial charge on any atom is 0.124 e. The summed E-state index contributed by atoms with van der Waals surface area (Å²) in [7, 11) is 0. The first-order chi connectivity index (χ1) is 8.06. The van der Waals surface area contributed by atoms with Crippen LogP contribution in [0.5, 0.6) is 0 Å². The highest BCUT2D eigenvalue weighted by molar-refractivity contribution is 9.10. The average Bonchev–Trinajstić information content (AvgIpc) is 2.24. The van der Waals surface area contributed by atoms with Gasteiger partial charge in [-0.3, -0.25) is 11.3 Å². The summed E-state index contributed by atoms with van der Waals surface area (Å²) < 4.78 is 14.0. The molecule has 1 rings (SSSR count). The number of hydrogen-bond acceptors (Lipinski definition) is 2. The SMILES string of the molecule is CCCC(C)C(Cc1cc(F)cc(Br)c1)NN. The summed E-state index contributed by atoms with van der Waals surface area (Å²) in [4.78, 5) is 0. The lowest BCUT2D eigenvalue weighted by atomic mass is 9.92. The molecule has 0 aliphatic heterocycles. The molecule has 0 heterocycles. The fourth-order valence-corrected chi connectivity index (χ4v) is 2.58. The van der Waals surface area contributed by atoms with E-state index in [-0.39, 0.29) is 11.9 Å². The third-order valence-electron chi connectivity index (χ3n) is 3.02. The predicted molar refractivity (Wildman–Crippen MR) is 73.0 cm³/mol. The van der Waals surface area contributed by atoms with Crippen molar-refractivity contribution < 1.29 is 4.39 Å². The van der Waals surface area contributed by atoms with Gasteiger partial charge in [0.05, 0.1) is 0 Å². The quantitative estimate of drug-likeness (QED) is 0.624. The van der Waals surface area contributed by atoms with Crippen molar-refractivity contribution in [2.45, 2.75) is 39.2 Å². The molecule has 3 N–H and O–H groups in total. The Morgan fingerprint density at radius 2 is 2.12 bits per heavy atom. The highest BCUT2D eigenvalue weighted by Crippen LogP contribution is 2.19. The third kappa shape index (κ3) is 4.74. The summed E-state index contributed by atoms with van der Waals surface area (Å²) in [5, 5.41) is 0. The Labute approximate surface area is 111 Å². The number of benzene rings is 1. The lowest BCUT2D eigenvalue weighted by molar-refractivity contribution is 0.356. The highest BCUT2D eigenvalue weighted by Gasteiger charge is 2.16. The molecule has 0 amide bonds. The van der Waals surface area contributed by atoms with Gasteiger partial charge in [0, 0.05) is 10.5 Å². The Balaban J connectivity index is 2.73. The van der Waals surface area contributed by atoms with Crippen molar-refractivity contribution in [1.29, 1.82) is 0 Å². The van der Waals surface area contributed by atoms with Crippen molar-refractivity contribution >= 4 is 15.9 Å². The molecule has 17 heavy (non-hydrogen) atoms. The van der Waals surface area contributed by atoms with E-state index in [0.29, 0.717) is 5.92 Å². The summed E-state index contributed by atoms with van der Waals surface area (Å²) in [6.45, 7) is 4.32.